The van der Waals surface area contributed by atoms with E-state index < -0.39 is 17.6 Å². The number of unbranched alkanes of at least 4 members (excludes halogenated alkanes) is 2. The molecular formula is C14H24N2O4. The van der Waals surface area contributed by atoms with Crippen molar-refractivity contribution in [3.63, 3.8) is 0 Å². The molecule has 114 valence electrons. The van der Waals surface area contributed by atoms with E-state index >= 15 is 0 Å². The Hall–Kier alpha value is -1.14. The van der Waals surface area contributed by atoms with Crippen LogP contribution in [-0.4, -0.2) is 55.3 Å². The molecule has 0 bridgehead atoms. The number of hydrogen-bond acceptors (Lipinski definition) is 4. The molecule has 0 atom stereocenters. The predicted octanol–water partition coefficient (Wildman–Crippen LogP) is 0.658. The molecule has 6 heteroatoms. The van der Waals surface area contributed by atoms with E-state index in [0.29, 0.717) is 45.7 Å². The molecule has 2 amide bonds. The highest BCUT2D eigenvalue weighted by atomic mass is 16.7. The van der Waals surface area contributed by atoms with Crippen LogP contribution in [0.4, 0.5) is 0 Å². The first-order chi connectivity index (χ1) is 9.67. The van der Waals surface area contributed by atoms with Gasteiger partial charge in [-0.15, -0.1) is 0 Å². The first-order valence-electron chi connectivity index (χ1n) is 7.52. The number of hydrogen-bond donors (Lipinski definition) is 1. The van der Waals surface area contributed by atoms with Crippen LogP contribution in [0.2, 0.25) is 0 Å². The SMILES string of the molecule is CCCCCNC(=O)C(=O)N1CCC2(CC1)OCCO2. The molecule has 0 saturated carbocycles. The largest absolute Gasteiger partial charge is 0.348 e. The van der Waals surface area contributed by atoms with Crippen LogP contribution in [0.1, 0.15) is 39.0 Å². The molecule has 2 rings (SSSR count). The van der Waals surface area contributed by atoms with Crippen LogP contribution < -0.4 is 5.32 Å². The van der Waals surface area contributed by atoms with Crippen LogP contribution in [0.5, 0.6) is 0 Å². The number of nitrogens with zero attached hydrogens (tertiary/aromatic N) is 1. The Morgan fingerprint density at radius 3 is 2.40 bits per heavy atom. The maximum Gasteiger partial charge on any atom is 0.311 e. The number of carbonyl (C=O) groups is 2. The molecule has 2 aliphatic heterocycles. The van der Waals surface area contributed by atoms with Gasteiger partial charge in [-0.3, -0.25) is 9.59 Å². The number of ether oxygens (including phenoxy) is 2. The van der Waals surface area contributed by atoms with Gasteiger partial charge in [-0.2, -0.15) is 0 Å². The van der Waals surface area contributed by atoms with Gasteiger partial charge in [0, 0.05) is 32.5 Å². The Kier molecular flexibility index (Phi) is 5.37. The van der Waals surface area contributed by atoms with Crippen LogP contribution in [0.25, 0.3) is 0 Å². The zero-order valence-corrected chi connectivity index (χ0v) is 12.2. The zero-order chi connectivity index (χ0) is 14.4. The molecule has 2 fully saturated rings. The van der Waals surface area contributed by atoms with Crippen molar-refractivity contribution < 1.29 is 19.1 Å². The molecule has 1 N–H and O–H groups in total. The molecule has 0 aromatic carbocycles. The second-order valence-electron chi connectivity index (χ2n) is 5.36. The highest BCUT2D eigenvalue weighted by Crippen LogP contribution is 2.31. The van der Waals surface area contributed by atoms with E-state index in [2.05, 4.69) is 12.2 Å². The van der Waals surface area contributed by atoms with Gasteiger partial charge < -0.3 is 19.7 Å². The van der Waals surface area contributed by atoms with Crippen molar-refractivity contribution in [2.75, 3.05) is 32.8 Å². The van der Waals surface area contributed by atoms with Crippen LogP contribution in [0, 0.1) is 0 Å². The molecule has 0 radical (unpaired) electrons. The Labute approximate surface area is 119 Å². The van der Waals surface area contributed by atoms with Crippen LogP contribution in [0.15, 0.2) is 0 Å². The number of piperidine rings is 1. The molecular weight excluding hydrogens is 260 g/mol. The summed E-state index contributed by atoms with van der Waals surface area (Å²) in [4.78, 5) is 25.3. The van der Waals surface area contributed by atoms with Gasteiger partial charge in [0.25, 0.3) is 0 Å². The third-order valence-electron chi connectivity index (χ3n) is 3.89. The Bertz CT molecular complexity index is 343. The fraction of sp³-hybridized carbons (Fsp3) is 0.857. The molecule has 20 heavy (non-hydrogen) atoms. The topological polar surface area (TPSA) is 67.9 Å². The van der Waals surface area contributed by atoms with E-state index in [9.17, 15) is 9.59 Å². The normalized spacial score (nSPS) is 21.1. The monoisotopic (exact) mass is 284 g/mol. The predicted molar refractivity (Wildman–Crippen MR) is 73.0 cm³/mol. The van der Waals surface area contributed by atoms with Gasteiger partial charge in [0.1, 0.15) is 0 Å². The molecule has 6 nitrogen and oxygen atoms in total. The Morgan fingerprint density at radius 2 is 1.80 bits per heavy atom. The summed E-state index contributed by atoms with van der Waals surface area (Å²) in [6.07, 6.45) is 4.36. The van der Waals surface area contributed by atoms with Gasteiger partial charge in [-0.05, 0) is 6.42 Å². The van der Waals surface area contributed by atoms with E-state index in [4.69, 9.17) is 9.47 Å². The van der Waals surface area contributed by atoms with Gasteiger partial charge in [-0.25, -0.2) is 0 Å². The third kappa shape index (κ3) is 3.70. The lowest BCUT2D eigenvalue weighted by atomic mass is 10.0. The van der Waals surface area contributed by atoms with Crippen molar-refractivity contribution in [3.05, 3.63) is 0 Å². The van der Waals surface area contributed by atoms with E-state index in [1.807, 2.05) is 0 Å². The van der Waals surface area contributed by atoms with Gasteiger partial charge in [0.05, 0.1) is 13.2 Å². The number of carbonyl (C=O) groups excluding carboxylic acids is 2. The lowest BCUT2D eigenvalue weighted by molar-refractivity contribution is -0.188. The zero-order valence-electron chi connectivity index (χ0n) is 12.2. The average molecular weight is 284 g/mol. The van der Waals surface area contributed by atoms with E-state index in [-0.39, 0.29) is 0 Å². The summed E-state index contributed by atoms with van der Waals surface area (Å²) in [5, 5.41) is 2.68. The number of likely N-dealkylation sites (tertiary alicyclic amines) is 1. The van der Waals surface area contributed by atoms with E-state index in [0.717, 1.165) is 19.3 Å². The van der Waals surface area contributed by atoms with E-state index in [1.54, 1.807) is 4.90 Å². The van der Waals surface area contributed by atoms with Crippen molar-refractivity contribution in [2.24, 2.45) is 0 Å². The Balaban J connectivity index is 1.72. The van der Waals surface area contributed by atoms with Crippen LogP contribution in [0.3, 0.4) is 0 Å². The summed E-state index contributed by atoms with van der Waals surface area (Å²) in [5.41, 5.74) is 0. The summed E-state index contributed by atoms with van der Waals surface area (Å²) in [7, 11) is 0. The standard InChI is InChI=1S/C14H24N2O4/c1-2-3-4-7-15-12(17)13(18)16-8-5-14(6-9-16)19-10-11-20-14/h2-11H2,1H3,(H,15,17). The molecule has 2 heterocycles. The summed E-state index contributed by atoms with van der Waals surface area (Å²) < 4.78 is 11.2. The minimum Gasteiger partial charge on any atom is -0.348 e. The van der Waals surface area contributed by atoms with Crippen molar-refractivity contribution >= 4 is 11.8 Å². The minimum absolute atomic E-state index is 0.436. The number of nitrogens with one attached hydrogen (secondary N) is 1. The first-order valence-corrected chi connectivity index (χ1v) is 7.52. The minimum atomic E-state index is -0.506. The quantitative estimate of drug-likeness (QED) is 0.608. The second-order valence-corrected chi connectivity index (χ2v) is 5.36. The van der Waals surface area contributed by atoms with Gasteiger partial charge in [0.15, 0.2) is 5.79 Å². The fourth-order valence-corrected chi connectivity index (χ4v) is 2.63. The van der Waals surface area contributed by atoms with Crippen LogP contribution in [-0.2, 0) is 19.1 Å². The highest BCUT2D eigenvalue weighted by Gasteiger charge is 2.41. The van der Waals surface area contributed by atoms with Gasteiger partial charge >= 0.3 is 11.8 Å². The average Bonchev–Trinajstić information content (AvgIpc) is 2.92. The summed E-state index contributed by atoms with van der Waals surface area (Å²) in [6.45, 7) is 4.94. The Morgan fingerprint density at radius 1 is 1.15 bits per heavy atom. The second kappa shape index (κ2) is 7.04. The van der Waals surface area contributed by atoms with Crippen molar-refractivity contribution in [3.8, 4) is 0 Å². The van der Waals surface area contributed by atoms with Crippen LogP contribution >= 0.6 is 0 Å². The maximum atomic E-state index is 12.0. The van der Waals surface area contributed by atoms with Crippen molar-refractivity contribution in [1.82, 2.24) is 10.2 Å². The molecule has 0 aromatic rings. The summed E-state index contributed by atoms with van der Waals surface area (Å²) >= 11 is 0. The first kappa shape index (κ1) is 15.3. The lowest BCUT2D eigenvalue weighted by Gasteiger charge is -2.37. The van der Waals surface area contributed by atoms with Crippen molar-refractivity contribution in [1.29, 1.82) is 0 Å². The molecule has 0 aliphatic carbocycles. The number of rotatable bonds is 4. The summed E-state index contributed by atoms with van der Waals surface area (Å²) in [5.74, 6) is -1.44. The van der Waals surface area contributed by atoms with Gasteiger partial charge in [-0.1, -0.05) is 19.8 Å². The highest BCUT2D eigenvalue weighted by molar-refractivity contribution is 6.35. The summed E-state index contributed by atoms with van der Waals surface area (Å²) in [6, 6.07) is 0. The fourth-order valence-electron chi connectivity index (χ4n) is 2.63. The molecule has 0 aromatic heterocycles. The molecule has 0 unspecified atom stereocenters. The maximum absolute atomic E-state index is 12.0. The van der Waals surface area contributed by atoms with Gasteiger partial charge in [0.2, 0.25) is 0 Å². The smallest absolute Gasteiger partial charge is 0.311 e. The molecule has 1 spiro atoms. The lowest BCUT2D eigenvalue weighted by Crippen LogP contribution is -2.51. The third-order valence-corrected chi connectivity index (χ3v) is 3.89. The number of amides is 2. The molecule has 2 saturated heterocycles. The molecule has 2 aliphatic rings. The van der Waals surface area contributed by atoms with Crippen molar-refractivity contribution in [2.45, 2.75) is 44.8 Å². The van der Waals surface area contributed by atoms with E-state index in [1.165, 1.54) is 0 Å².